The van der Waals surface area contributed by atoms with E-state index in [0.717, 1.165) is 6.07 Å². The third kappa shape index (κ3) is 2.43. The average molecular weight is 266 g/mol. The quantitative estimate of drug-likeness (QED) is 0.925. The van der Waals surface area contributed by atoms with Crippen LogP contribution < -0.4 is 5.32 Å². The second kappa shape index (κ2) is 5.34. The third-order valence-electron chi connectivity index (χ3n) is 2.89. The van der Waals surface area contributed by atoms with E-state index < -0.39 is 11.6 Å². The molecule has 0 aliphatic carbocycles. The smallest absolute Gasteiger partial charge is 0.224 e. The van der Waals surface area contributed by atoms with Gasteiger partial charge in [0.1, 0.15) is 11.6 Å². The molecule has 19 heavy (non-hydrogen) atoms. The normalized spacial score (nSPS) is 10.8. The molecular weight excluding hydrogens is 250 g/mol. The molecule has 1 aromatic carbocycles. The fraction of sp³-hybridized carbons (Fsp3) is 0.385. The van der Waals surface area contributed by atoms with Crippen LogP contribution in [0, 0.1) is 18.6 Å². The molecular formula is C13H16F2N4. The molecule has 0 bridgehead atoms. The maximum Gasteiger partial charge on any atom is 0.224 e. The molecule has 0 radical (unpaired) electrons. The minimum Gasteiger partial charge on any atom is -0.355 e. The molecule has 0 spiro atoms. The summed E-state index contributed by atoms with van der Waals surface area (Å²) in [6.07, 6.45) is 0. The SMILES string of the molecule is CCNc1nnc(-c2cc(C)c(F)cc2F)n1CC. The number of nitrogens with one attached hydrogen (secondary N) is 1. The fourth-order valence-corrected chi connectivity index (χ4v) is 1.92. The highest BCUT2D eigenvalue weighted by Gasteiger charge is 2.17. The zero-order chi connectivity index (χ0) is 14.0. The molecule has 0 saturated carbocycles. The van der Waals surface area contributed by atoms with Gasteiger partial charge in [-0.1, -0.05) is 0 Å². The van der Waals surface area contributed by atoms with Gasteiger partial charge in [-0.2, -0.15) is 0 Å². The zero-order valence-electron chi connectivity index (χ0n) is 11.2. The van der Waals surface area contributed by atoms with E-state index in [4.69, 9.17) is 0 Å². The van der Waals surface area contributed by atoms with Crippen LogP contribution in [0.2, 0.25) is 0 Å². The van der Waals surface area contributed by atoms with Crippen LogP contribution in [0.4, 0.5) is 14.7 Å². The van der Waals surface area contributed by atoms with Crippen LogP contribution >= 0.6 is 0 Å². The molecule has 0 aliphatic rings. The van der Waals surface area contributed by atoms with E-state index in [1.54, 1.807) is 11.5 Å². The Hall–Kier alpha value is -1.98. The van der Waals surface area contributed by atoms with E-state index in [1.165, 1.54) is 6.07 Å². The summed E-state index contributed by atoms with van der Waals surface area (Å²) >= 11 is 0. The van der Waals surface area contributed by atoms with Gasteiger partial charge in [0, 0.05) is 19.2 Å². The number of hydrogen-bond donors (Lipinski definition) is 1. The Bertz CT molecular complexity index is 593. The highest BCUT2D eigenvalue weighted by molar-refractivity contribution is 5.59. The predicted octanol–water partition coefficient (Wildman–Crippen LogP) is 2.98. The van der Waals surface area contributed by atoms with Crippen LogP contribution in [0.15, 0.2) is 12.1 Å². The fourth-order valence-electron chi connectivity index (χ4n) is 1.92. The van der Waals surface area contributed by atoms with Gasteiger partial charge in [-0.3, -0.25) is 4.57 Å². The van der Waals surface area contributed by atoms with E-state index >= 15 is 0 Å². The summed E-state index contributed by atoms with van der Waals surface area (Å²) in [5.41, 5.74) is 0.643. The Morgan fingerprint density at radius 1 is 1.16 bits per heavy atom. The molecule has 1 N–H and O–H groups in total. The van der Waals surface area contributed by atoms with E-state index in [1.807, 2.05) is 13.8 Å². The number of aryl methyl sites for hydroxylation is 1. The Kier molecular flexibility index (Phi) is 3.78. The Morgan fingerprint density at radius 3 is 2.53 bits per heavy atom. The highest BCUT2D eigenvalue weighted by Crippen LogP contribution is 2.25. The van der Waals surface area contributed by atoms with Gasteiger partial charge in [-0.05, 0) is 32.4 Å². The molecule has 0 amide bonds. The summed E-state index contributed by atoms with van der Waals surface area (Å²) in [6.45, 7) is 6.75. The number of aromatic nitrogens is 3. The minimum absolute atomic E-state index is 0.261. The molecule has 1 aromatic heterocycles. The van der Waals surface area contributed by atoms with E-state index in [9.17, 15) is 8.78 Å². The Morgan fingerprint density at radius 2 is 1.89 bits per heavy atom. The molecule has 6 heteroatoms. The molecule has 0 atom stereocenters. The molecule has 2 aromatic rings. The summed E-state index contributed by atoms with van der Waals surface area (Å²) in [6, 6.07) is 2.34. The van der Waals surface area contributed by atoms with Gasteiger partial charge in [0.25, 0.3) is 0 Å². The van der Waals surface area contributed by atoms with Crippen molar-refractivity contribution < 1.29 is 8.78 Å². The standard InChI is InChI=1S/C13H16F2N4/c1-4-16-13-18-17-12(19(13)5-2)9-6-8(3)10(14)7-11(9)15/h6-7H,4-5H2,1-3H3,(H,16,18). The molecule has 0 aliphatic heterocycles. The van der Waals surface area contributed by atoms with Crippen molar-refractivity contribution in [2.45, 2.75) is 27.3 Å². The maximum atomic E-state index is 13.9. The van der Waals surface area contributed by atoms with Gasteiger partial charge in [0.15, 0.2) is 5.82 Å². The first kappa shape index (κ1) is 13.5. The summed E-state index contributed by atoms with van der Waals surface area (Å²) < 4.78 is 28.9. The number of nitrogens with zero attached hydrogens (tertiary/aromatic N) is 3. The number of benzene rings is 1. The predicted molar refractivity (Wildman–Crippen MR) is 69.9 cm³/mol. The van der Waals surface area contributed by atoms with E-state index in [0.29, 0.717) is 30.4 Å². The monoisotopic (exact) mass is 266 g/mol. The lowest BCUT2D eigenvalue weighted by molar-refractivity contribution is 0.578. The zero-order valence-corrected chi connectivity index (χ0v) is 11.2. The molecule has 0 saturated heterocycles. The van der Waals surface area contributed by atoms with Gasteiger partial charge >= 0.3 is 0 Å². The van der Waals surface area contributed by atoms with Gasteiger partial charge in [-0.15, -0.1) is 10.2 Å². The number of hydrogen-bond acceptors (Lipinski definition) is 3. The molecule has 0 unspecified atom stereocenters. The van der Waals surface area contributed by atoms with Gasteiger partial charge in [0.05, 0.1) is 5.56 Å². The third-order valence-corrected chi connectivity index (χ3v) is 2.89. The van der Waals surface area contributed by atoms with Crippen molar-refractivity contribution in [2.24, 2.45) is 0 Å². The van der Waals surface area contributed by atoms with E-state index in [-0.39, 0.29) is 5.56 Å². The minimum atomic E-state index is -0.631. The summed E-state index contributed by atoms with van der Waals surface area (Å²) in [5.74, 6) is -0.204. The van der Waals surface area contributed by atoms with Crippen molar-refractivity contribution in [3.05, 3.63) is 29.3 Å². The second-order valence-corrected chi connectivity index (χ2v) is 4.20. The Labute approximate surface area is 110 Å². The van der Waals surface area contributed by atoms with Crippen molar-refractivity contribution in [3.63, 3.8) is 0 Å². The Balaban J connectivity index is 2.56. The second-order valence-electron chi connectivity index (χ2n) is 4.20. The lowest BCUT2D eigenvalue weighted by Crippen LogP contribution is -2.07. The van der Waals surface area contributed by atoms with Crippen molar-refractivity contribution in [2.75, 3.05) is 11.9 Å². The number of rotatable bonds is 4. The van der Waals surface area contributed by atoms with Gasteiger partial charge in [0.2, 0.25) is 5.95 Å². The first-order valence-electron chi connectivity index (χ1n) is 6.21. The average Bonchev–Trinajstić information content (AvgIpc) is 2.77. The van der Waals surface area contributed by atoms with Crippen LogP contribution in [-0.2, 0) is 6.54 Å². The largest absolute Gasteiger partial charge is 0.355 e. The summed E-state index contributed by atoms with van der Waals surface area (Å²) in [4.78, 5) is 0. The number of halogens is 2. The van der Waals surface area contributed by atoms with Crippen LogP contribution in [0.5, 0.6) is 0 Å². The van der Waals surface area contributed by atoms with Crippen molar-refractivity contribution in [1.29, 1.82) is 0 Å². The first-order valence-corrected chi connectivity index (χ1v) is 6.21. The molecule has 0 fully saturated rings. The van der Waals surface area contributed by atoms with Crippen LogP contribution in [0.25, 0.3) is 11.4 Å². The van der Waals surface area contributed by atoms with Crippen LogP contribution in [0.1, 0.15) is 19.4 Å². The molecule has 4 nitrogen and oxygen atoms in total. The lowest BCUT2D eigenvalue weighted by Gasteiger charge is -2.09. The first-order chi connectivity index (χ1) is 9.08. The van der Waals surface area contributed by atoms with Gasteiger partial charge < -0.3 is 5.32 Å². The highest BCUT2D eigenvalue weighted by atomic mass is 19.1. The summed E-state index contributed by atoms with van der Waals surface area (Å²) in [7, 11) is 0. The maximum absolute atomic E-state index is 13.9. The summed E-state index contributed by atoms with van der Waals surface area (Å²) in [5, 5.41) is 11.0. The lowest BCUT2D eigenvalue weighted by atomic mass is 10.1. The topological polar surface area (TPSA) is 42.7 Å². The molecule has 2 rings (SSSR count). The van der Waals surface area contributed by atoms with Crippen LogP contribution in [-0.4, -0.2) is 21.3 Å². The van der Waals surface area contributed by atoms with E-state index in [2.05, 4.69) is 15.5 Å². The van der Waals surface area contributed by atoms with Crippen LogP contribution in [0.3, 0.4) is 0 Å². The van der Waals surface area contributed by atoms with Gasteiger partial charge in [-0.25, -0.2) is 8.78 Å². The molecule has 102 valence electrons. The molecule has 1 heterocycles. The van der Waals surface area contributed by atoms with Crippen molar-refractivity contribution in [3.8, 4) is 11.4 Å². The number of anilines is 1. The van der Waals surface area contributed by atoms with Crippen molar-refractivity contribution >= 4 is 5.95 Å². The van der Waals surface area contributed by atoms with Crippen molar-refractivity contribution in [1.82, 2.24) is 14.8 Å².